The van der Waals surface area contributed by atoms with Crippen LogP contribution in [-0.4, -0.2) is 29.0 Å². The van der Waals surface area contributed by atoms with E-state index in [4.69, 9.17) is 0 Å². The SMILES string of the molecule is CC(C)(C)c1cc(C=CC(=O)N2CCCCC2)c(O)c(C(C)(C)C)c1. The lowest BCUT2D eigenvalue weighted by Gasteiger charge is -2.27. The summed E-state index contributed by atoms with van der Waals surface area (Å²) in [6, 6.07) is 4.10. The third-order valence-corrected chi connectivity index (χ3v) is 4.89. The third kappa shape index (κ3) is 4.87. The van der Waals surface area contributed by atoms with Crippen LogP contribution in [-0.2, 0) is 15.6 Å². The Morgan fingerprint density at radius 3 is 2.12 bits per heavy atom. The Hall–Kier alpha value is -1.77. The van der Waals surface area contributed by atoms with Gasteiger partial charge in [0.2, 0.25) is 5.91 Å². The molecule has 1 fully saturated rings. The average molecular weight is 344 g/mol. The zero-order valence-corrected chi connectivity index (χ0v) is 16.6. The maximum atomic E-state index is 12.4. The molecule has 0 spiro atoms. The molecule has 25 heavy (non-hydrogen) atoms. The number of phenols is 1. The second-order valence-electron chi connectivity index (χ2n) is 9.18. The normalized spacial score (nSPS) is 16.5. The van der Waals surface area contributed by atoms with Crippen molar-refractivity contribution in [3.05, 3.63) is 34.9 Å². The fraction of sp³-hybridized carbons (Fsp3) is 0.591. The number of likely N-dealkylation sites (tertiary alicyclic amines) is 1. The molecule has 1 aliphatic heterocycles. The topological polar surface area (TPSA) is 40.5 Å². The van der Waals surface area contributed by atoms with Crippen molar-refractivity contribution in [3.8, 4) is 5.75 Å². The van der Waals surface area contributed by atoms with Gasteiger partial charge in [0.25, 0.3) is 0 Å². The van der Waals surface area contributed by atoms with Gasteiger partial charge in [0.15, 0.2) is 0 Å². The number of hydrogen-bond donors (Lipinski definition) is 1. The van der Waals surface area contributed by atoms with Gasteiger partial charge in [-0.2, -0.15) is 0 Å². The molecule has 0 unspecified atom stereocenters. The number of piperidine rings is 1. The molecule has 1 heterocycles. The maximum Gasteiger partial charge on any atom is 0.246 e. The third-order valence-electron chi connectivity index (χ3n) is 4.89. The molecule has 3 heteroatoms. The summed E-state index contributed by atoms with van der Waals surface area (Å²) in [6.45, 7) is 14.5. The van der Waals surface area contributed by atoms with Crippen molar-refractivity contribution < 1.29 is 9.90 Å². The zero-order chi connectivity index (χ0) is 18.8. The Kier molecular flexibility index (Phi) is 5.65. The number of phenolic OH excluding ortho intramolecular Hbond substituents is 1. The molecule has 0 saturated carbocycles. The van der Waals surface area contributed by atoms with Gasteiger partial charge in [0.05, 0.1) is 0 Å². The van der Waals surface area contributed by atoms with E-state index in [1.54, 1.807) is 12.2 Å². The Morgan fingerprint density at radius 2 is 1.60 bits per heavy atom. The van der Waals surface area contributed by atoms with Crippen LogP contribution >= 0.6 is 0 Å². The molecule has 1 aliphatic rings. The van der Waals surface area contributed by atoms with E-state index in [1.807, 2.05) is 11.0 Å². The smallest absolute Gasteiger partial charge is 0.246 e. The highest BCUT2D eigenvalue weighted by molar-refractivity contribution is 5.92. The van der Waals surface area contributed by atoms with Crippen molar-refractivity contribution in [2.75, 3.05) is 13.1 Å². The Bertz CT molecular complexity index is 654. The number of aromatic hydroxyl groups is 1. The zero-order valence-electron chi connectivity index (χ0n) is 16.6. The minimum atomic E-state index is -0.162. The fourth-order valence-corrected chi connectivity index (χ4v) is 3.17. The predicted molar refractivity (Wildman–Crippen MR) is 105 cm³/mol. The molecular formula is C22H33NO2. The van der Waals surface area contributed by atoms with Crippen LogP contribution in [0.1, 0.15) is 77.5 Å². The second kappa shape index (κ2) is 7.23. The molecule has 0 atom stereocenters. The number of amides is 1. The van der Waals surface area contributed by atoms with E-state index in [-0.39, 0.29) is 22.5 Å². The minimum Gasteiger partial charge on any atom is -0.507 e. The number of carbonyl (C=O) groups is 1. The van der Waals surface area contributed by atoms with Gasteiger partial charge in [0.1, 0.15) is 5.75 Å². The van der Waals surface area contributed by atoms with E-state index in [2.05, 4.69) is 47.6 Å². The molecule has 0 radical (unpaired) electrons. The Balaban J connectivity index is 2.38. The summed E-state index contributed by atoms with van der Waals surface area (Å²) in [5.41, 5.74) is 2.63. The minimum absolute atomic E-state index is 0.0207. The number of nitrogens with zero attached hydrogens (tertiary/aromatic N) is 1. The summed E-state index contributed by atoms with van der Waals surface area (Å²) in [4.78, 5) is 14.3. The van der Waals surface area contributed by atoms with E-state index in [1.165, 1.54) is 12.0 Å². The molecule has 1 aromatic rings. The summed E-state index contributed by atoms with van der Waals surface area (Å²) in [5, 5.41) is 10.8. The lowest BCUT2D eigenvalue weighted by atomic mass is 9.79. The van der Waals surface area contributed by atoms with E-state index >= 15 is 0 Å². The highest BCUT2D eigenvalue weighted by Crippen LogP contribution is 2.38. The highest BCUT2D eigenvalue weighted by atomic mass is 16.3. The first-order valence-corrected chi connectivity index (χ1v) is 9.35. The van der Waals surface area contributed by atoms with Crippen molar-refractivity contribution in [2.24, 2.45) is 0 Å². The Labute approximate surface area is 152 Å². The van der Waals surface area contributed by atoms with E-state index in [0.717, 1.165) is 37.1 Å². The molecular weight excluding hydrogens is 310 g/mol. The van der Waals surface area contributed by atoms with Gasteiger partial charge in [-0.15, -0.1) is 0 Å². The summed E-state index contributed by atoms with van der Waals surface area (Å²) >= 11 is 0. The quantitative estimate of drug-likeness (QED) is 0.767. The number of benzene rings is 1. The molecule has 1 amide bonds. The molecule has 1 aromatic carbocycles. The fourth-order valence-electron chi connectivity index (χ4n) is 3.17. The number of hydrogen-bond acceptors (Lipinski definition) is 2. The highest BCUT2D eigenvalue weighted by Gasteiger charge is 2.24. The van der Waals surface area contributed by atoms with Crippen molar-refractivity contribution in [1.29, 1.82) is 0 Å². The van der Waals surface area contributed by atoms with E-state index < -0.39 is 0 Å². The van der Waals surface area contributed by atoms with Crippen LogP contribution < -0.4 is 0 Å². The largest absolute Gasteiger partial charge is 0.507 e. The van der Waals surface area contributed by atoms with Crippen LogP contribution in [0.15, 0.2) is 18.2 Å². The van der Waals surface area contributed by atoms with Gasteiger partial charge in [-0.3, -0.25) is 4.79 Å². The van der Waals surface area contributed by atoms with E-state index in [9.17, 15) is 9.90 Å². The van der Waals surface area contributed by atoms with Gasteiger partial charge in [-0.1, -0.05) is 47.6 Å². The first-order chi connectivity index (χ1) is 11.5. The standard InChI is InChI=1S/C22H33NO2/c1-21(2,3)17-14-16(20(25)18(15-17)22(4,5)6)10-11-19(24)23-12-8-7-9-13-23/h10-11,14-15,25H,7-9,12-13H2,1-6H3. The Morgan fingerprint density at radius 1 is 1.00 bits per heavy atom. The van der Waals surface area contributed by atoms with Crippen LogP contribution in [0.3, 0.4) is 0 Å². The molecule has 2 rings (SSSR count). The molecule has 1 saturated heterocycles. The summed E-state index contributed by atoms with van der Waals surface area (Å²) in [5.74, 6) is 0.320. The average Bonchev–Trinajstić information content (AvgIpc) is 2.52. The van der Waals surface area contributed by atoms with Crippen molar-refractivity contribution in [3.63, 3.8) is 0 Å². The van der Waals surface area contributed by atoms with Crippen molar-refractivity contribution >= 4 is 12.0 Å². The summed E-state index contributed by atoms with van der Waals surface area (Å²) < 4.78 is 0. The molecule has 138 valence electrons. The molecule has 0 aliphatic carbocycles. The second-order valence-corrected chi connectivity index (χ2v) is 9.18. The monoisotopic (exact) mass is 343 g/mol. The summed E-state index contributed by atoms with van der Waals surface area (Å²) in [7, 11) is 0. The van der Waals surface area contributed by atoms with Gasteiger partial charge >= 0.3 is 0 Å². The van der Waals surface area contributed by atoms with Crippen LogP contribution in [0.25, 0.3) is 6.08 Å². The molecule has 1 N–H and O–H groups in total. The van der Waals surface area contributed by atoms with Crippen LogP contribution in [0.2, 0.25) is 0 Å². The van der Waals surface area contributed by atoms with Gasteiger partial charge in [-0.05, 0) is 47.8 Å². The number of rotatable bonds is 2. The van der Waals surface area contributed by atoms with Crippen molar-refractivity contribution in [1.82, 2.24) is 4.90 Å². The lowest BCUT2D eigenvalue weighted by Crippen LogP contribution is -2.34. The van der Waals surface area contributed by atoms with Gasteiger partial charge in [0, 0.05) is 30.3 Å². The lowest BCUT2D eigenvalue weighted by molar-refractivity contribution is -0.126. The van der Waals surface area contributed by atoms with E-state index in [0.29, 0.717) is 0 Å². The van der Waals surface area contributed by atoms with Crippen LogP contribution in [0.5, 0.6) is 5.75 Å². The van der Waals surface area contributed by atoms with Gasteiger partial charge in [-0.25, -0.2) is 0 Å². The molecule has 0 bridgehead atoms. The first kappa shape index (κ1) is 19.6. The number of carbonyl (C=O) groups excluding carboxylic acids is 1. The first-order valence-electron chi connectivity index (χ1n) is 9.35. The molecule has 3 nitrogen and oxygen atoms in total. The summed E-state index contributed by atoms with van der Waals surface area (Å²) in [6.07, 6.45) is 6.75. The van der Waals surface area contributed by atoms with Crippen LogP contribution in [0, 0.1) is 0 Å². The van der Waals surface area contributed by atoms with Crippen LogP contribution in [0.4, 0.5) is 0 Å². The predicted octanol–water partition coefficient (Wildman–Crippen LogP) is 5.01. The van der Waals surface area contributed by atoms with Gasteiger partial charge < -0.3 is 10.0 Å². The maximum absolute atomic E-state index is 12.4. The molecule has 0 aromatic heterocycles. The van der Waals surface area contributed by atoms with Crippen molar-refractivity contribution in [2.45, 2.75) is 71.6 Å².